The Bertz CT molecular complexity index is 404. The van der Waals surface area contributed by atoms with Crippen molar-refractivity contribution in [3.63, 3.8) is 0 Å². The number of urea groups is 1. The Morgan fingerprint density at radius 1 is 1.44 bits per heavy atom. The number of aryl methyl sites for hydroxylation is 1. The molecule has 0 radical (unpaired) electrons. The predicted molar refractivity (Wildman–Crippen MR) is 59.0 cm³/mol. The summed E-state index contributed by atoms with van der Waals surface area (Å²) >= 11 is 0. The van der Waals surface area contributed by atoms with Gasteiger partial charge in [0.05, 0.1) is 0 Å². The van der Waals surface area contributed by atoms with Crippen LogP contribution in [0, 0.1) is 6.92 Å². The Morgan fingerprint density at radius 2 is 2.12 bits per heavy atom. The largest absolute Gasteiger partial charge is 0.481 e. The molecule has 0 aliphatic rings. The summed E-state index contributed by atoms with van der Waals surface area (Å²) < 4.78 is 5.34. The molecule has 0 bridgehead atoms. The molecule has 0 aliphatic heterocycles. The zero-order chi connectivity index (χ0) is 12.1. The summed E-state index contributed by atoms with van der Waals surface area (Å²) in [7, 11) is 0. The Labute approximate surface area is 93.6 Å². The fraction of sp³-hybridized carbons (Fsp3) is 0.273. The summed E-state index contributed by atoms with van der Waals surface area (Å²) in [6.07, 6.45) is -0.769. The summed E-state index contributed by atoms with van der Waals surface area (Å²) in [4.78, 5) is 21.8. The number of ether oxygens (including phenoxy) is 1. The molecule has 0 saturated heterocycles. The van der Waals surface area contributed by atoms with Crippen LogP contribution in [0.5, 0.6) is 5.75 Å². The molecule has 3 amide bonds. The maximum atomic E-state index is 11.3. The number of nitrogens with one attached hydrogen (secondary N) is 1. The minimum atomic E-state index is -0.885. The second kappa shape index (κ2) is 5.16. The molecule has 1 atom stereocenters. The van der Waals surface area contributed by atoms with E-state index in [-0.39, 0.29) is 0 Å². The fourth-order valence-electron chi connectivity index (χ4n) is 1.17. The molecule has 5 nitrogen and oxygen atoms in total. The zero-order valence-corrected chi connectivity index (χ0v) is 9.19. The van der Waals surface area contributed by atoms with Crippen molar-refractivity contribution >= 4 is 11.9 Å². The van der Waals surface area contributed by atoms with E-state index in [1.165, 1.54) is 0 Å². The Morgan fingerprint density at radius 3 is 2.69 bits per heavy atom. The number of nitrogens with two attached hydrogens (primary N) is 1. The molecule has 0 fully saturated rings. The van der Waals surface area contributed by atoms with E-state index in [9.17, 15) is 9.59 Å². The summed E-state index contributed by atoms with van der Waals surface area (Å²) in [5, 5.41) is 1.95. The van der Waals surface area contributed by atoms with Gasteiger partial charge in [-0.1, -0.05) is 12.1 Å². The van der Waals surface area contributed by atoms with E-state index in [0.717, 1.165) is 5.56 Å². The number of carbonyl (C=O) groups excluding carboxylic acids is 2. The van der Waals surface area contributed by atoms with Crippen LogP contribution in [0.4, 0.5) is 4.79 Å². The molecule has 86 valence electrons. The minimum Gasteiger partial charge on any atom is -0.481 e. The number of imide groups is 1. The third-order valence-corrected chi connectivity index (χ3v) is 1.92. The Hall–Kier alpha value is -2.04. The van der Waals surface area contributed by atoms with Gasteiger partial charge in [0.15, 0.2) is 6.10 Å². The second-order valence-corrected chi connectivity index (χ2v) is 3.43. The fourth-order valence-corrected chi connectivity index (χ4v) is 1.17. The van der Waals surface area contributed by atoms with Gasteiger partial charge in [0.2, 0.25) is 0 Å². The van der Waals surface area contributed by atoms with Crippen LogP contribution in [0.15, 0.2) is 24.3 Å². The average Bonchev–Trinajstić information content (AvgIpc) is 2.16. The van der Waals surface area contributed by atoms with Crippen molar-refractivity contribution in [3.8, 4) is 5.75 Å². The van der Waals surface area contributed by atoms with E-state index in [1.807, 2.05) is 24.4 Å². The van der Waals surface area contributed by atoms with Crippen LogP contribution >= 0.6 is 0 Å². The molecule has 0 spiro atoms. The van der Waals surface area contributed by atoms with Crippen LogP contribution in [-0.4, -0.2) is 18.0 Å². The van der Waals surface area contributed by atoms with Crippen LogP contribution in [0.1, 0.15) is 12.5 Å². The first-order valence-electron chi connectivity index (χ1n) is 4.82. The summed E-state index contributed by atoms with van der Waals surface area (Å²) in [6, 6.07) is 6.39. The van der Waals surface area contributed by atoms with E-state index in [0.29, 0.717) is 5.75 Å². The molecule has 5 heteroatoms. The van der Waals surface area contributed by atoms with Crippen molar-refractivity contribution in [3.05, 3.63) is 29.8 Å². The molecule has 0 unspecified atom stereocenters. The van der Waals surface area contributed by atoms with Crippen LogP contribution in [0.3, 0.4) is 0 Å². The molecular formula is C11H14N2O3. The predicted octanol–water partition coefficient (Wildman–Crippen LogP) is 0.957. The first kappa shape index (κ1) is 12.0. The van der Waals surface area contributed by atoms with E-state index in [4.69, 9.17) is 10.5 Å². The van der Waals surface area contributed by atoms with Gasteiger partial charge in [-0.3, -0.25) is 10.1 Å². The van der Waals surface area contributed by atoms with Crippen molar-refractivity contribution in [2.24, 2.45) is 5.73 Å². The number of amides is 3. The lowest BCUT2D eigenvalue weighted by molar-refractivity contribution is -0.126. The number of carbonyl (C=O) groups is 2. The van der Waals surface area contributed by atoms with Crippen LogP contribution in [0.2, 0.25) is 0 Å². The molecule has 0 saturated carbocycles. The SMILES string of the molecule is Cc1cccc(O[C@@H](C)C(=O)NC(N)=O)c1. The van der Waals surface area contributed by atoms with Crippen molar-refractivity contribution in [2.45, 2.75) is 20.0 Å². The molecule has 1 rings (SSSR count). The average molecular weight is 222 g/mol. The summed E-state index contributed by atoms with van der Waals surface area (Å²) in [5.41, 5.74) is 5.85. The normalized spacial score (nSPS) is 11.6. The van der Waals surface area contributed by atoms with Crippen molar-refractivity contribution in [2.75, 3.05) is 0 Å². The lowest BCUT2D eigenvalue weighted by Gasteiger charge is -2.13. The minimum absolute atomic E-state index is 0.561. The summed E-state index contributed by atoms with van der Waals surface area (Å²) in [5.74, 6) is 0.0149. The highest BCUT2D eigenvalue weighted by Gasteiger charge is 2.15. The van der Waals surface area contributed by atoms with Crippen LogP contribution < -0.4 is 15.8 Å². The van der Waals surface area contributed by atoms with Gasteiger partial charge in [-0.05, 0) is 31.5 Å². The van der Waals surface area contributed by atoms with E-state index >= 15 is 0 Å². The van der Waals surface area contributed by atoms with E-state index in [1.54, 1.807) is 19.1 Å². The molecule has 0 aliphatic carbocycles. The molecular weight excluding hydrogens is 208 g/mol. The third kappa shape index (κ3) is 3.61. The standard InChI is InChI=1S/C11H14N2O3/c1-7-4-3-5-9(6-7)16-8(2)10(14)13-11(12)15/h3-6,8H,1-2H3,(H3,12,13,14,15)/t8-/m0/s1. The molecule has 16 heavy (non-hydrogen) atoms. The van der Waals surface area contributed by atoms with Crippen molar-refractivity contribution < 1.29 is 14.3 Å². The molecule has 0 aromatic heterocycles. The number of hydrogen-bond acceptors (Lipinski definition) is 3. The number of benzene rings is 1. The van der Waals surface area contributed by atoms with E-state index < -0.39 is 18.0 Å². The lowest BCUT2D eigenvalue weighted by Crippen LogP contribution is -2.42. The highest BCUT2D eigenvalue weighted by Crippen LogP contribution is 2.13. The van der Waals surface area contributed by atoms with Gasteiger partial charge < -0.3 is 10.5 Å². The molecule has 0 heterocycles. The maximum absolute atomic E-state index is 11.3. The van der Waals surface area contributed by atoms with Gasteiger partial charge in [-0.2, -0.15) is 0 Å². The third-order valence-electron chi connectivity index (χ3n) is 1.92. The van der Waals surface area contributed by atoms with Crippen molar-refractivity contribution in [1.29, 1.82) is 0 Å². The monoisotopic (exact) mass is 222 g/mol. The second-order valence-electron chi connectivity index (χ2n) is 3.43. The van der Waals surface area contributed by atoms with Gasteiger partial charge in [-0.15, -0.1) is 0 Å². The summed E-state index contributed by atoms with van der Waals surface area (Å²) in [6.45, 7) is 3.46. The van der Waals surface area contributed by atoms with E-state index in [2.05, 4.69) is 0 Å². The number of rotatable bonds is 3. The number of primary amides is 1. The van der Waals surface area contributed by atoms with Crippen LogP contribution in [-0.2, 0) is 4.79 Å². The zero-order valence-electron chi connectivity index (χ0n) is 9.19. The molecule has 3 N–H and O–H groups in total. The first-order valence-corrected chi connectivity index (χ1v) is 4.82. The Balaban J connectivity index is 2.60. The smallest absolute Gasteiger partial charge is 0.318 e. The highest BCUT2D eigenvalue weighted by molar-refractivity contribution is 5.95. The molecule has 1 aromatic carbocycles. The van der Waals surface area contributed by atoms with Gasteiger partial charge in [0.25, 0.3) is 5.91 Å². The highest BCUT2D eigenvalue weighted by atomic mass is 16.5. The first-order chi connectivity index (χ1) is 7.49. The number of hydrogen-bond donors (Lipinski definition) is 2. The van der Waals surface area contributed by atoms with Gasteiger partial charge >= 0.3 is 6.03 Å². The Kier molecular flexibility index (Phi) is 3.88. The quantitative estimate of drug-likeness (QED) is 0.799. The maximum Gasteiger partial charge on any atom is 0.318 e. The lowest BCUT2D eigenvalue weighted by atomic mass is 10.2. The van der Waals surface area contributed by atoms with Gasteiger partial charge in [0, 0.05) is 0 Å². The van der Waals surface area contributed by atoms with Gasteiger partial charge in [-0.25, -0.2) is 4.79 Å². The van der Waals surface area contributed by atoms with Gasteiger partial charge in [0.1, 0.15) is 5.75 Å². The topological polar surface area (TPSA) is 81.4 Å². The van der Waals surface area contributed by atoms with Crippen LogP contribution in [0.25, 0.3) is 0 Å². The molecule has 1 aromatic rings. The van der Waals surface area contributed by atoms with Crippen molar-refractivity contribution in [1.82, 2.24) is 5.32 Å².